The Labute approximate surface area is 112 Å². The fraction of sp³-hybridized carbons (Fsp3) is 0.188. The van der Waals surface area contributed by atoms with Crippen LogP contribution in [0.25, 0.3) is 0 Å². The first-order chi connectivity index (χ1) is 9.33. The number of hydrogen-bond donors (Lipinski definition) is 2. The van der Waals surface area contributed by atoms with Crippen molar-refractivity contribution in [2.75, 3.05) is 13.2 Å². The zero-order chi connectivity index (χ0) is 13.5. The van der Waals surface area contributed by atoms with Crippen LogP contribution >= 0.6 is 0 Å². The van der Waals surface area contributed by atoms with Gasteiger partial charge in [-0.1, -0.05) is 60.7 Å². The van der Waals surface area contributed by atoms with Gasteiger partial charge in [-0.05, 0) is 5.56 Å². The lowest BCUT2D eigenvalue weighted by Gasteiger charge is -2.17. The van der Waals surface area contributed by atoms with Gasteiger partial charge in [-0.3, -0.25) is 4.79 Å². The van der Waals surface area contributed by atoms with E-state index in [1.54, 1.807) is 12.1 Å². The van der Waals surface area contributed by atoms with E-state index in [9.17, 15) is 4.79 Å². The lowest BCUT2D eigenvalue weighted by Crippen LogP contribution is -2.30. The summed E-state index contributed by atoms with van der Waals surface area (Å²) in [7, 11) is 0. The molecule has 0 heterocycles. The van der Waals surface area contributed by atoms with Gasteiger partial charge >= 0.3 is 0 Å². The van der Waals surface area contributed by atoms with Crippen LogP contribution in [0, 0.1) is 0 Å². The quantitative estimate of drug-likeness (QED) is 0.778. The van der Waals surface area contributed by atoms with Crippen molar-refractivity contribution in [2.45, 2.75) is 6.04 Å². The molecule has 0 radical (unpaired) electrons. The molecule has 2 N–H and O–H groups in total. The molecule has 0 aliphatic heterocycles. The highest BCUT2D eigenvalue weighted by Gasteiger charge is 2.20. The first-order valence-electron chi connectivity index (χ1n) is 6.31. The van der Waals surface area contributed by atoms with Crippen molar-refractivity contribution in [3.63, 3.8) is 0 Å². The Kier molecular flexibility index (Phi) is 4.84. The van der Waals surface area contributed by atoms with E-state index in [4.69, 9.17) is 5.11 Å². The van der Waals surface area contributed by atoms with Gasteiger partial charge < -0.3 is 10.4 Å². The predicted octanol–water partition coefficient (Wildman–Crippen LogP) is 2.19. The lowest BCUT2D eigenvalue weighted by molar-refractivity contribution is 0.0940. The maximum Gasteiger partial charge on any atom is 0.184 e. The summed E-state index contributed by atoms with van der Waals surface area (Å²) >= 11 is 0. The van der Waals surface area contributed by atoms with Crippen molar-refractivity contribution in [1.29, 1.82) is 0 Å². The highest BCUT2D eigenvalue weighted by molar-refractivity contribution is 6.00. The van der Waals surface area contributed by atoms with Gasteiger partial charge in [0.25, 0.3) is 0 Å². The van der Waals surface area contributed by atoms with Crippen molar-refractivity contribution < 1.29 is 9.90 Å². The van der Waals surface area contributed by atoms with Gasteiger partial charge in [-0.2, -0.15) is 0 Å². The number of carbonyl (C=O) groups excluding carboxylic acids is 1. The average Bonchev–Trinajstić information content (AvgIpc) is 2.49. The number of ketones is 1. The van der Waals surface area contributed by atoms with Crippen LogP contribution < -0.4 is 5.32 Å². The molecule has 0 fully saturated rings. The number of nitrogens with one attached hydrogen (secondary N) is 1. The molecule has 19 heavy (non-hydrogen) atoms. The monoisotopic (exact) mass is 255 g/mol. The lowest BCUT2D eigenvalue weighted by atomic mass is 9.97. The fourth-order valence-corrected chi connectivity index (χ4v) is 1.99. The predicted molar refractivity (Wildman–Crippen MR) is 75.0 cm³/mol. The Morgan fingerprint density at radius 3 is 2.16 bits per heavy atom. The number of hydrogen-bond acceptors (Lipinski definition) is 3. The van der Waals surface area contributed by atoms with Crippen molar-refractivity contribution in [3.05, 3.63) is 71.8 Å². The fourth-order valence-electron chi connectivity index (χ4n) is 1.99. The average molecular weight is 255 g/mol. The van der Waals surface area contributed by atoms with Gasteiger partial charge in [0.05, 0.1) is 12.6 Å². The smallest absolute Gasteiger partial charge is 0.184 e. The Morgan fingerprint density at radius 2 is 1.58 bits per heavy atom. The third-order valence-corrected chi connectivity index (χ3v) is 2.91. The van der Waals surface area contributed by atoms with Crippen LogP contribution in [0.1, 0.15) is 22.0 Å². The van der Waals surface area contributed by atoms with Gasteiger partial charge in [-0.15, -0.1) is 0 Å². The van der Waals surface area contributed by atoms with Gasteiger partial charge in [0.15, 0.2) is 5.78 Å². The molecule has 2 aromatic carbocycles. The SMILES string of the molecule is O=C(c1ccccc1)C(NCCO)c1ccccc1. The molecule has 0 aliphatic carbocycles. The molecule has 0 amide bonds. The molecule has 0 aliphatic rings. The molecule has 1 atom stereocenters. The maximum atomic E-state index is 12.5. The number of carbonyl (C=O) groups is 1. The second kappa shape index (κ2) is 6.83. The molecule has 3 nitrogen and oxygen atoms in total. The van der Waals surface area contributed by atoms with Crippen molar-refractivity contribution >= 4 is 5.78 Å². The topological polar surface area (TPSA) is 49.3 Å². The zero-order valence-electron chi connectivity index (χ0n) is 10.6. The van der Waals surface area contributed by atoms with Crippen LogP contribution in [0.4, 0.5) is 0 Å². The summed E-state index contributed by atoms with van der Waals surface area (Å²) in [4.78, 5) is 12.5. The normalized spacial score (nSPS) is 12.1. The third kappa shape index (κ3) is 3.50. The molecule has 2 rings (SSSR count). The minimum absolute atomic E-state index is 0.00536. The molecule has 2 aromatic rings. The second-order valence-electron chi connectivity index (χ2n) is 4.25. The minimum atomic E-state index is -0.421. The molecule has 0 saturated carbocycles. The summed E-state index contributed by atoms with van der Waals surface area (Å²) in [5.41, 5.74) is 1.58. The molecular weight excluding hydrogens is 238 g/mol. The molecule has 0 saturated heterocycles. The maximum absolute atomic E-state index is 12.5. The highest BCUT2D eigenvalue weighted by atomic mass is 16.3. The van der Waals surface area contributed by atoms with E-state index in [2.05, 4.69) is 5.32 Å². The van der Waals surface area contributed by atoms with E-state index >= 15 is 0 Å². The molecule has 1 unspecified atom stereocenters. The summed E-state index contributed by atoms with van der Waals surface area (Å²) in [6.07, 6.45) is 0. The zero-order valence-corrected chi connectivity index (χ0v) is 10.6. The van der Waals surface area contributed by atoms with E-state index < -0.39 is 6.04 Å². The van der Waals surface area contributed by atoms with E-state index in [0.29, 0.717) is 12.1 Å². The Bertz CT molecular complexity index is 511. The largest absolute Gasteiger partial charge is 0.395 e. The van der Waals surface area contributed by atoms with Gasteiger partial charge in [0, 0.05) is 12.1 Å². The number of rotatable bonds is 6. The first kappa shape index (κ1) is 13.5. The van der Waals surface area contributed by atoms with E-state index in [1.165, 1.54) is 0 Å². The molecule has 3 heteroatoms. The van der Waals surface area contributed by atoms with E-state index in [1.807, 2.05) is 48.5 Å². The Morgan fingerprint density at radius 1 is 1.00 bits per heavy atom. The molecule has 0 spiro atoms. The van der Waals surface area contributed by atoms with Crippen LogP contribution in [-0.2, 0) is 0 Å². The minimum Gasteiger partial charge on any atom is -0.395 e. The summed E-state index contributed by atoms with van der Waals surface area (Å²) in [5.74, 6) is 0.0141. The van der Waals surface area contributed by atoms with Crippen LogP contribution in [0.15, 0.2) is 60.7 Å². The summed E-state index contributed by atoms with van der Waals surface area (Å²) in [6, 6.07) is 18.3. The summed E-state index contributed by atoms with van der Waals surface area (Å²) in [6.45, 7) is 0.392. The Hall–Kier alpha value is -1.97. The van der Waals surface area contributed by atoms with Crippen molar-refractivity contribution in [1.82, 2.24) is 5.32 Å². The Balaban J connectivity index is 2.25. The molecule has 0 aromatic heterocycles. The number of aliphatic hydroxyl groups excluding tert-OH is 1. The van der Waals surface area contributed by atoms with Crippen molar-refractivity contribution in [3.8, 4) is 0 Å². The number of aliphatic hydroxyl groups is 1. The molecule has 0 bridgehead atoms. The number of benzene rings is 2. The van der Waals surface area contributed by atoms with Crippen LogP contribution in [0.2, 0.25) is 0 Å². The third-order valence-electron chi connectivity index (χ3n) is 2.91. The first-order valence-corrected chi connectivity index (χ1v) is 6.31. The molecule has 98 valence electrons. The second-order valence-corrected chi connectivity index (χ2v) is 4.25. The molecular formula is C16H17NO2. The van der Waals surface area contributed by atoms with Crippen LogP contribution in [0.3, 0.4) is 0 Å². The number of Topliss-reactive ketones (excluding diaryl/α,β-unsaturated/α-hetero) is 1. The van der Waals surface area contributed by atoms with Crippen molar-refractivity contribution in [2.24, 2.45) is 0 Å². The van der Waals surface area contributed by atoms with Gasteiger partial charge in [0.1, 0.15) is 0 Å². The summed E-state index contributed by atoms with van der Waals surface area (Å²) in [5, 5.41) is 12.0. The summed E-state index contributed by atoms with van der Waals surface area (Å²) < 4.78 is 0. The van der Waals surface area contributed by atoms with Crippen LogP contribution in [-0.4, -0.2) is 24.0 Å². The van der Waals surface area contributed by atoms with E-state index in [0.717, 1.165) is 5.56 Å². The van der Waals surface area contributed by atoms with Gasteiger partial charge in [0.2, 0.25) is 0 Å². The highest BCUT2D eigenvalue weighted by Crippen LogP contribution is 2.18. The van der Waals surface area contributed by atoms with E-state index in [-0.39, 0.29) is 12.4 Å². The standard InChI is InChI=1S/C16H17NO2/c18-12-11-17-15(13-7-3-1-4-8-13)16(19)14-9-5-2-6-10-14/h1-10,15,17-18H,11-12H2. The van der Waals surface area contributed by atoms with Gasteiger partial charge in [-0.25, -0.2) is 0 Å². The van der Waals surface area contributed by atoms with Crippen LogP contribution in [0.5, 0.6) is 0 Å².